The predicted molar refractivity (Wildman–Crippen MR) is 77.5 cm³/mol. The summed E-state index contributed by atoms with van der Waals surface area (Å²) in [6.07, 6.45) is 8.59. The SMILES string of the molecule is C=CCCCCCC(NCC)C1CCS(=O)(=O)C1. The predicted octanol–water partition coefficient (Wildman–Crippen LogP) is 2.54. The van der Waals surface area contributed by atoms with Crippen LogP contribution in [0.1, 0.15) is 45.4 Å². The highest BCUT2D eigenvalue weighted by molar-refractivity contribution is 7.91. The molecule has 1 saturated heterocycles. The van der Waals surface area contributed by atoms with Crippen molar-refractivity contribution in [3.8, 4) is 0 Å². The summed E-state index contributed by atoms with van der Waals surface area (Å²) in [5.41, 5.74) is 0. The molecule has 0 radical (unpaired) electrons. The monoisotopic (exact) mass is 273 g/mol. The number of unbranched alkanes of at least 4 members (excludes halogenated alkanes) is 3. The molecule has 0 aliphatic carbocycles. The maximum atomic E-state index is 11.5. The van der Waals surface area contributed by atoms with Gasteiger partial charge in [0.1, 0.15) is 0 Å². The van der Waals surface area contributed by atoms with Crippen LogP contribution in [0.25, 0.3) is 0 Å². The zero-order valence-corrected chi connectivity index (χ0v) is 12.3. The third-order valence-electron chi connectivity index (χ3n) is 3.73. The minimum absolute atomic E-state index is 0.328. The van der Waals surface area contributed by atoms with Crippen molar-refractivity contribution in [2.45, 2.75) is 51.5 Å². The summed E-state index contributed by atoms with van der Waals surface area (Å²) in [7, 11) is -2.75. The molecule has 0 saturated carbocycles. The van der Waals surface area contributed by atoms with Gasteiger partial charge in [0, 0.05) is 6.04 Å². The smallest absolute Gasteiger partial charge is 0.150 e. The molecule has 0 aromatic rings. The molecule has 1 N–H and O–H groups in total. The van der Waals surface area contributed by atoms with Gasteiger partial charge in [-0.25, -0.2) is 8.42 Å². The normalized spacial score (nSPS) is 23.9. The van der Waals surface area contributed by atoms with Gasteiger partial charge in [-0.2, -0.15) is 0 Å². The van der Waals surface area contributed by atoms with Gasteiger partial charge in [-0.3, -0.25) is 0 Å². The molecule has 2 unspecified atom stereocenters. The van der Waals surface area contributed by atoms with E-state index in [0.717, 1.165) is 25.8 Å². The Morgan fingerprint density at radius 2 is 2.17 bits per heavy atom. The second-order valence-electron chi connectivity index (χ2n) is 5.25. The van der Waals surface area contributed by atoms with Crippen molar-refractivity contribution >= 4 is 9.84 Å². The molecule has 18 heavy (non-hydrogen) atoms. The van der Waals surface area contributed by atoms with E-state index in [1.807, 2.05) is 6.08 Å². The summed E-state index contributed by atoms with van der Waals surface area (Å²) in [5, 5.41) is 3.47. The Labute approximate surface area is 112 Å². The standard InChI is InChI=1S/C14H27NO2S/c1-3-5-6-7-8-9-14(15-4-2)13-10-11-18(16,17)12-13/h3,13-15H,1,4-12H2,2H3. The van der Waals surface area contributed by atoms with E-state index in [2.05, 4.69) is 18.8 Å². The first-order valence-electron chi connectivity index (χ1n) is 7.13. The average Bonchev–Trinajstić information content (AvgIpc) is 2.68. The van der Waals surface area contributed by atoms with Crippen molar-refractivity contribution in [3.63, 3.8) is 0 Å². The molecule has 0 bridgehead atoms. The van der Waals surface area contributed by atoms with E-state index in [4.69, 9.17) is 0 Å². The number of sulfone groups is 1. The van der Waals surface area contributed by atoms with Crippen LogP contribution in [0.15, 0.2) is 12.7 Å². The summed E-state index contributed by atoms with van der Waals surface area (Å²) >= 11 is 0. The highest BCUT2D eigenvalue weighted by atomic mass is 32.2. The van der Waals surface area contributed by atoms with Crippen LogP contribution in [0.5, 0.6) is 0 Å². The molecule has 1 aliphatic heterocycles. The third kappa shape index (κ3) is 5.53. The lowest BCUT2D eigenvalue weighted by molar-refractivity contribution is 0.356. The molecule has 3 nitrogen and oxygen atoms in total. The zero-order chi connectivity index (χ0) is 13.4. The van der Waals surface area contributed by atoms with Crippen LogP contribution in [0.3, 0.4) is 0 Å². The number of rotatable bonds is 9. The van der Waals surface area contributed by atoms with Crippen molar-refractivity contribution in [1.82, 2.24) is 5.32 Å². The molecule has 0 amide bonds. The zero-order valence-electron chi connectivity index (χ0n) is 11.5. The van der Waals surface area contributed by atoms with Gasteiger partial charge in [0.2, 0.25) is 0 Å². The molecular formula is C14H27NO2S. The van der Waals surface area contributed by atoms with Gasteiger partial charge in [0.15, 0.2) is 9.84 Å². The Balaban J connectivity index is 2.33. The fourth-order valence-electron chi connectivity index (χ4n) is 2.74. The van der Waals surface area contributed by atoms with Crippen LogP contribution in [0, 0.1) is 5.92 Å². The number of hydrogen-bond donors (Lipinski definition) is 1. The van der Waals surface area contributed by atoms with Gasteiger partial charge >= 0.3 is 0 Å². The van der Waals surface area contributed by atoms with Crippen LogP contribution in [0.2, 0.25) is 0 Å². The maximum absolute atomic E-state index is 11.5. The van der Waals surface area contributed by atoms with E-state index in [0.29, 0.717) is 23.5 Å². The van der Waals surface area contributed by atoms with E-state index in [9.17, 15) is 8.42 Å². The van der Waals surface area contributed by atoms with Crippen molar-refractivity contribution in [2.75, 3.05) is 18.1 Å². The average molecular weight is 273 g/mol. The Morgan fingerprint density at radius 3 is 2.72 bits per heavy atom. The molecule has 0 aromatic carbocycles. The quantitative estimate of drug-likeness (QED) is 0.519. The highest BCUT2D eigenvalue weighted by Gasteiger charge is 2.32. The van der Waals surface area contributed by atoms with Gasteiger partial charge in [0.25, 0.3) is 0 Å². The molecule has 0 aromatic heterocycles. The molecule has 1 aliphatic rings. The minimum Gasteiger partial charge on any atom is -0.314 e. The summed E-state index contributed by atoms with van der Waals surface area (Å²) in [6, 6.07) is 0.385. The maximum Gasteiger partial charge on any atom is 0.150 e. The number of allylic oxidation sites excluding steroid dienone is 1. The summed E-state index contributed by atoms with van der Waals surface area (Å²) in [6.45, 7) is 6.74. The lowest BCUT2D eigenvalue weighted by atomic mass is 9.94. The van der Waals surface area contributed by atoms with E-state index in [1.165, 1.54) is 19.3 Å². The Hall–Kier alpha value is -0.350. The Bertz CT molecular complexity index is 338. The summed E-state index contributed by atoms with van der Waals surface area (Å²) in [5.74, 6) is 1.10. The van der Waals surface area contributed by atoms with Gasteiger partial charge < -0.3 is 5.32 Å². The Morgan fingerprint density at radius 1 is 1.39 bits per heavy atom. The first-order valence-corrected chi connectivity index (χ1v) is 8.96. The second-order valence-corrected chi connectivity index (χ2v) is 7.48. The topological polar surface area (TPSA) is 46.2 Å². The van der Waals surface area contributed by atoms with Crippen LogP contribution in [-0.2, 0) is 9.84 Å². The van der Waals surface area contributed by atoms with E-state index < -0.39 is 9.84 Å². The van der Waals surface area contributed by atoms with Crippen molar-refractivity contribution < 1.29 is 8.42 Å². The summed E-state index contributed by atoms with van der Waals surface area (Å²) in [4.78, 5) is 0. The van der Waals surface area contributed by atoms with Gasteiger partial charge in [-0.15, -0.1) is 6.58 Å². The van der Waals surface area contributed by atoms with Crippen LogP contribution >= 0.6 is 0 Å². The summed E-state index contributed by atoms with van der Waals surface area (Å²) < 4.78 is 23.1. The van der Waals surface area contributed by atoms with Gasteiger partial charge in [0.05, 0.1) is 11.5 Å². The van der Waals surface area contributed by atoms with Crippen LogP contribution in [0.4, 0.5) is 0 Å². The lowest BCUT2D eigenvalue weighted by Gasteiger charge is -2.23. The molecular weight excluding hydrogens is 246 g/mol. The molecule has 1 heterocycles. The van der Waals surface area contributed by atoms with Crippen molar-refractivity contribution in [3.05, 3.63) is 12.7 Å². The third-order valence-corrected chi connectivity index (χ3v) is 5.52. The first-order chi connectivity index (χ1) is 8.59. The largest absolute Gasteiger partial charge is 0.314 e. The van der Waals surface area contributed by atoms with Crippen LogP contribution < -0.4 is 5.32 Å². The van der Waals surface area contributed by atoms with E-state index >= 15 is 0 Å². The minimum atomic E-state index is -2.75. The number of hydrogen-bond acceptors (Lipinski definition) is 3. The van der Waals surface area contributed by atoms with Crippen LogP contribution in [-0.4, -0.2) is 32.5 Å². The fourth-order valence-corrected chi connectivity index (χ4v) is 4.62. The first kappa shape index (κ1) is 15.7. The fraction of sp³-hybridized carbons (Fsp3) is 0.857. The number of nitrogens with one attached hydrogen (secondary N) is 1. The molecule has 0 spiro atoms. The molecule has 1 fully saturated rings. The molecule has 106 valence electrons. The molecule has 2 atom stereocenters. The molecule has 1 rings (SSSR count). The highest BCUT2D eigenvalue weighted by Crippen LogP contribution is 2.24. The molecule has 4 heteroatoms. The van der Waals surface area contributed by atoms with Gasteiger partial charge in [-0.05, 0) is 38.1 Å². The van der Waals surface area contributed by atoms with E-state index in [1.54, 1.807) is 0 Å². The van der Waals surface area contributed by atoms with E-state index in [-0.39, 0.29) is 0 Å². The van der Waals surface area contributed by atoms with Gasteiger partial charge in [-0.1, -0.05) is 25.8 Å². The second kappa shape index (κ2) is 7.95. The van der Waals surface area contributed by atoms with Crippen molar-refractivity contribution in [2.24, 2.45) is 5.92 Å². The lowest BCUT2D eigenvalue weighted by Crippen LogP contribution is -2.36. The Kier molecular flexibility index (Phi) is 6.94. The van der Waals surface area contributed by atoms with Crippen molar-refractivity contribution in [1.29, 1.82) is 0 Å².